The number of nitriles is 1. The van der Waals surface area contributed by atoms with Crippen LogP contribution < -0.4 is 15.0 Å². The number of nitrogens with zero attached hydrogens (tertiary/aromatic N) is 5. The number of aliphatic hydroxyl groups is 2. The van der Waals surface area contributed by atoms with Crippen molar-refractivity contribution in [3.8, 4) is 11.9 Å². The Morgan fingerprint density at radius 2 is 1.24 bits per heavy atom. The van der Waals surface area contributed by atoms with Crippen LogP contribution in [0.5, 0.6) is 5.88 Å². The number of para-hydroxylation sites is 2. The van der Waals surface area contributed by atoms with E-state index in [4.69, 9.17) is 14.2 Å². The second kappa shape index (κ2) is 17.4. The first kappa shape index (κ1) is 41.5. The van der Waals surface area contributed by atoms with Gasteiger partial charge in [-0.25, -0.2) is 9.69 Å². The van der Waals surface area contributed by atoms with Gasteiger partial charge >= 0.3 is 6.09 Å². The van der Waals surface area contributed by atoms with Crippen molar-refractivity contribution < 1.29 is 34.0 Å². The third kappa shape index (κ3) is 8.03. The molecular weight excluding hydrogens is 785 g/mol. The van der Waals surface area contributed by atoms with Crippen LogP contribution in [0.2, 0.25) is 0 Å². The molecule has 3 N–H and O–H groups in total. The van der Waals surface area contributed by atoms with Gasteiger partial charge in [-0.05, 0) is 41.0 Å². The van der Waals surface area contributed by atoms with Crippen LogP contribution in [0.25, 0.3) is 11.0 Å². The van der Waals surface area contributed by atoms with Crippen molar-refractivity contribution in [1.82, 2.24) is 14.5 Å². The first-order chi connectivity index (χ1) is 30.0. The number of fused-ring (bicyclic) bond motifs is 1. The molecule has 2 unspecified atom stereocenters. The van der Waals surface area contributed by atoms with Gasteiger partial charge < -0.3 is 29.0 Å². The summed E-state index contributed by atoms with van der Waals surface area (Å²) >= 11 is 0. The highest BCUT2D eigenvalue weighted by Crippen LogP contribution is 2.43. The monoisotopic (exact) mass is 828 g/mol. The minimum Gasteiger partial charge on any atom is -0.390 e. The summed E-state index contributed by atoms with van der Waals surface area (Å²) < 4.78 is 20.8. The van der Waals surface area contributed by atoms with Crippen LogP contribution in [0, 0.1) is 16.7 Å². The molecule has 13 nitrogen and oxygen atoms in total. The number of nitrogens with one attached hydrogen (secondary N) is 1. The molecule has 7 aromatic rings. The maximum atomic E-state index is 14.3. The molecule has 2 aromatic heterocycles. The van der Waals surface area contributed by atoms with Crippen LogP contribution in [-0.4, -0.2) is 61.7 Å². The van der Waals surface area contributed by atoms with Crippen molar-refractivity contribution in [2.45, 2.75) is 50.9 Å². The molecule has 5 aromatic carbocycles. The molecule has 1 aliphatic heterocycles. The predicted molar refractivity (Wildman–Crippen MR) is 232 cm³/mol. The second-order valence-corrected chi connectivity index (χ2v) is 15.8. The van der Waals surface area contributed by atoms with Crippen LogP contribution >= 0.6 is 0 Å². The molecule has 13 heteroatoms. The van der Waals surface area contributed by atoms with Gasteiger partial charge in [0.1, 0.15) is 30.0 Å². The summed E-state index contributed by atoms with van der Waals surface area (Å²) in [6.45, 7) is 4.95. The fourth-order valence-electron chi connectivity index (χ4n) is 7.53. The summed E-state index contributed by atoms with van der Waals surface area (Å²) in [6.07, 6.45) is -4.91. The lowest BCUT2D eigenvalue weighted by atomic mass is 9.80. The van der Waals surface area contributed by atoms with E-state index >= 15 is 0 Å². The number of amides is 2. The van der Waals surface area contributed by atoms with E-state index in [1.165, 1.54) is 15.7 Å². The number of hydrogen-bond acceptors (Lipinski definition) is 10. The highest BCUT2D eigenvalue weighted by atomic mass is 16.6. The van der Waals surface area contributed by atoms with Gasteiger partial charge in [0.15, 0.2) is 11.9 Å². The predicted octanol–water partition coefficient (Wildman–Crippen LogP) is 8.25. The molecule has 312 valence electrons. The number of aliphatic hydroxyl groups excluding tert-OH is 2. The lowest BCUT2D eigenvalue weighted by Gasteiger charge is -2.37. The Hall–Kier alpha value is -7.21. The number of hydrogen-bond donors (Lipinski definition) is 3. The fourth-order valence-corrected chi connectivity index (χ4v) is 7.53. The Morgan fingerprint density at radius 1 is 0.758 bits per heavy atom. The number of anilines is 3. The first-order valence-electron chi connectivity index (χ1n) is 20.1. The Labute approximate surface area is 358 Å². The Bertz CT molecular complexity index is 2570. The summed E-state index contributed by atoms with van der Waals surface area (Å²) in [6, 6.07) is 49.0. The molecule has 0 aliphatic carbocycles. The van der Waals surface area contributed by atoms with E-state index in [-0.39, 0.29) is 35.0 Å². The van der Waals surface area contributed by atoms with Gasteiger partial charge in [0.2, 0.25) is 17.7 Å². The molecule has 1 aliphatic rings. The number of benzene rings is 5. The molecule has 8 rings (SSSR count). The van der Waals surface area contributed by atoms with Crippen LogP contribution in [0.1, 0.15) is 49.3 Å². The number of aromatic nitrogens is 3. The van der Waals surface area contributed by atoms with E-state index in [2.05, 4.69) is 21.4 Å². The Kier molecular flexibility index (Phi) is 11.7. The lowest BCUT2D eigenvalue weighted by Crippen LogP contribution is -2.39. The topological polar surface area (TPSA) is 172 Å². The average Bonchev–Trinajstić information content (AvgIpc) is 3.80. The fraction of sp³-hybridized carbons (Fsp3) is 0.204. The van der Waals surface area contributed by atoms with E-state index in [0.717, 1.165) is 16.7 Å². The highest BCUT2D eigenvalue weighted by Gasteiger charge is 2.47. The zero-order chi connectivity index (χ0) is 43.4. The van der Waals surface area contributed by atoms with Crippen molar-refractivity contribution in [2.75, 3.05) is 16.8 Å². The molecule has 1 fully saturated rings. The Morgan fingerprint density at radius 3 is 1.71 bits per heavy atom. The van der Waals surface area contributed by atoms with Gasteiger partial charge in [0, 0.05) is 11.6 Å². The van der Waals surface area contributed by atoms with Gasteiger partial charge in [-0.3, -0.25) is 10.1 Å². The number of rotatable bonds is 11. The molecule has 3 heterocycles. The van der Waals surface area contributed by atoms with Gasteiger partial charge in [0.25, 0.3) is 0 Å². The third-order valence-corrected chi connectivity index (χ3v) is 10.7. The number of carbonyl (C=O) groups is 2. The summed E-state index contributed by atoms with van der Waals surface area (Å²) in [5, 5.41) is 36.6. The van der Waals surface area contributed by atoms with Crippen molar-refractivity contribution in [2.24, 2.45) is 5.41 Å². The zero-order valence-corrected chi connectivity index (χ0v) is 34.2. The van der Waals surface area contributed by atoms with E-state index < -0.39 is 47.6 Å². The average molecular weight is 829 g/mol. The van der Waals surface area contributed by atoms with Crippen molar-refractivity contribution in [1.29, 1.82) is 5.26 Å². The first-order valence-corrected chi connectivity index (χ1v) is 20.1. The van der Waals surface area contributed by atoms with Crippen LogP contribution in [-0.2, 0) is 19.9 Å². The van der Waals surface area contributed by atoms with E-state index in [1.54, 1.807) is 69.3 Å². The van der Waals surface area contributed by atoms with E-state index in [0.29, 0.717) is 11.4 Å². The molecule has 0 bridgehead atoms. The molecule has 4 atom stereocenters. The molecule has 62 heavy (non-hydrogen) atoms. The largest absolute Gasteiger partial charge is 0.425 e. The van der Waals surface area contributed by atoms with Gasteiger partial charge in [-0.1, -0.05) is 148 Å². The zero-order valence-electron chi connectivity index (χ0n) is 34.2. The smallest absolute Gasteiger partial charge is 0.390 e. The molecule has 0 spiro atoms. The molecule has 2 amide bonds. The highest BCUT2D eigenvalue weighted by molar-refractivity contribution is 6.00. The molecular formula is C49H44N6O7. The molecule has 0 radical (unpaired) electrons. The maximum Gasteiger partial charge on any atom is 0.425 e. The minimum atomic E-state index is -1.55. The van der Waals surface area contributed by atoms with Crippen LogP contribution in [0.3, 0.4) is 0 Å². The Balaban J connectivity index is 1.18. The number of carbonyl (C=O) groups excluding carboxylic acids is 2. The summed E-state index contributed by atoms with van der Waals surface area (Å²) in [4.78, 5) is 38.0. The van der Waals surface area contributed by atoms with Gasteiger partial charge in [-0.2, -0.15) is 15.2 Å². The standard InChI is InChI=1S/C49H44N6O7/c1-48(2,3)45(58)53-46-51-42-39(43(52-46)62-47(59)55(36-25-15-7-16-26-36)37-27-17-8-18-28-37)32(29-50)30-54(42)44-41(57)40(56)38(61-44)31-60-49(33-19-9-4-10-20-33,34-21-11-5-12-22-34)35-23-13-6-14-24-35/h4-28,30,38,40-41,44,56-57H,31H2,1-3H3,(H,51,52,53,58)/t38?,40-,41-,44?/m1/s1. The normalized spacial score (nSPS) is 17.6. The van der Waals surface area contributed by atoms with Gasteiger partial charge in [0.05, 0.1) is 28.9 Å². The molecule has 1 saturated heterocycles. The SMILES string of the molecule is CC(C)(C)C(=O)Nc1nc(OC(=O)N(c2ccccc2)c2ccccc2)c2c(C#N)cn(C3OC(COC(c4ccccc4)(c4ccccc4)c4ccccc4)[C@@H](O)[C@H]3O)c2n1. The van der Waals surface area contributed by atoms with E-state index in [9.17, 15) is 25.1 Å². The quantitative estimate of drug-likeness (QED) is 0.108. The lowest BCUT2D eigenvalue weighted by molar-refractivity contribution is -0.123. The third-order valence-electron chi connectivity index (χ3n) is 10.7. The summed E-state index contributed by atoms with van der Waals surface area (Å²) in [7, 11) is 0. The van der Waals surface area contributed by atoms with E-state index in [1.807, 2.05) is 103 Å². The van der Waals surface area contributed by atoms with Gasteiger partial charge in [-0.15, -0.1) is 0 Å². The number of ether oxygens (including phenoxy) is 3. The van der Waals surface area contributed by atoms with Crippen LogP contribution in [0.15, 0.2) is 158 Å². The minimum absolute atomic E-state index is 0.0110. The summed E-state index contributed by atoms with van der Waals surface area (Å²) in [5.41, 5.74) is 1.43. The van der Waals surface area contributed by atoms with Crippen molar-refractivity contribution in [3.63, 3.8) is 0 Å². The van der Waals surface area contributed by atoms with Crippen molar-refractivity contribution >= 4 is 40.4 Å². The maximum absolute atomic E-state index is 14.3. The summed E-state index contributed by atoms with van der Waals surface area (Å²) in [5.74, 6) is -1.00. The van der Waals surface area contributed by atoms with Crippen molar-refractivity contribution in [3.05, 3.63) is 180 Å². The van der Waals surface area contributed by atoms with Crippen LogP contribution in [0.4, 0.5) is 22.1 Å². The molecule has 0 saturated carbocycles. The second-order valence-electron chi connectivity index (χ2n) is 15.8.